The molecule has 0 radical (unpaired) electrons. The Labute approximate surface area is 108 Å². The fraction of sp³-hybridized carbons (Fsp3) is 0.571. The summed E-state index contributed by atoms with van der Waals surface area (Å²) in [6.45, 7) is 4.60. The Morgan fingerprint density at radius 3 is 2.72 bits per heavy atom. The topological polar surface area (TPSA) is 30.5 Å². The molecule has 0 saturated heterocycles. The van der Waals surface area contributed by atoms with Crippen LogP contribution in [-0.4, -0.2) is 33.9 Å². The van der Waals surface area contributed by atoms with Gasteiger partial charge in [-0.05, 0) is 36.6 Å². The Morgan fingerprint density at radius 1 is 1.33 bits per heavy atom. The number of hydrogen-bond donors (Lipinski definition) is 1. The smallest absolute Gasteiger partial charge is 0.165 e. The average molecular weight is 255 g/mol. The molecule has 18 heavy (non-hydrogen) atoms. The lowest BCUT2D eigenvalue weighted by Crippen LogP contribution is -2.25. The highest BCUT2D eigenvalue weighted by Crippen LogP contribution is 2.19. The fourth-order valence-corrected chi connectivity index (χ4v) is 1.83. The van der Waals surface area contributed by atoms with Crippen molar-refractivity contribution in [2.24, 2.45) is 5.92 Å². The van der Waals surface area contributed by atoms with Crippen LogP contribution < -0.4 is 10.1 Å². The third-order valence-electron chi connectivity index (χ3n) is 2.78. The highest BCUT2D eigenvalue weighted by atomic mass is 19.1. The van der Waals surface area contributed by atoms with Crippen LogP contribution in [0, 0.1) is 11.7 Å². The summed E-state index contributed by atoms with van der Waals surface area (Å²) in [5.41, 5.74) is 0.995. The lowest BCUT2D eigenvalue weighted by atomic mass is 10.0. The quantitative estimate of drug-likeness (QED) is 0.723. The van der Waals surface area contributed by atoms with Gasteiger partial charge in [-0.2, -0.15) is 0 Å². The number of benzene rings is 1. The summed E-state index contributed by atoms with van der Waals surface area (Å²) in [4.78, 5) is 0. The van der Waals surface area contributed by atoms with Crippen molar-refractivity contribution in [1.29, 1.82) is 0 Å². The van der Waals surface area contributed by atoms with Gasteiger partial charge in [0.1, 0.15) is 0 Å². The zero-order chi connectivity index (χ0) is 13.4. The molecule has 0 bridgehead atoms. The van der Waals surface area contributed by atoms with Gasteiger partial charge in [0.25, 0.3) is 0 Å². The van der Waals surface area contributed by atoms with Gasteiger partial charge in [0.2, 0.25) is 0 Å². The molecule has 1 aromatic carbocycles. The zero-order valence-electron chi connectivity index (χ0n) is 11.3. The van der Waals surface area contributed by atoms with Gasteiger partial charge < -0.3 is 14.8 Å². The summed E-state index contributed by atoms with van der Waals surface area (Å²) in [5, 5.41) is 3.30. The van der Waals surface area contributed by atoms with E-state index in [1.165, 1.54) is 7.11 Å². The number of rotatable bonds is 8. The van der Waals surface area contributed by atoms with Crippen LogP contribution in [0.2, 0.25) is 0 Å². The highest BCUT2D eigenvalue weighted by Gasteiger charge is 2.07. The molecule has 0 amide bonds. The molecule has 0 saturated carbocycles. The molecular formula is C14H22FNO2. The number of ether oxygens (including phenoxy) is 2. The predicted molar refractivity (Wildman–Crippen MR) is 70.6 cm³/mol. The van der Waals surface area contributed by atoms with E-state index >= 15 is 0 Å². The summed E-state index contributed by atoms with van der Waals surface area (Å²) < 4.78 is 23.3. The van der Waals surface area contributed by atoms with Gasteiger partial charge >= 0.3 is 0 Å². The van der Waals surface area contributed by atoms with E-state index in [2.05, 4.69) is 12.2 Å². The number of hydrogen-bond acceptors (Lipinski definition) is 3. The molecule has 0 aliphatic heterocycles. The highest BCUT2D eigenvalue weighted by molar-refractivity contribution is 5.29. The number of nitrogens with one attached hydrogen (secondary N) is 1. The second-order valence-corrected chi connectivity index (χ2v) is 4.48. The van der Waals surface area contributed by atoms with Crippen LogP contribution in [0.5, 0.6) is 5.75 Å². The van der Waals surface area contributed by atoms with Crippen LogP contribution in [-0.2, 0) is 11.2 Å². The van der Waals surface area contributed by atoms with Crippen LogP contribution in [0.15, 0.2) is 18.2 Å². The molecule has 1 rings (SSSR count). The molecule has 0 aliphatic carbocycles. The van der Waals surface area contributed by atoms with Crippen LogP contribution in [0.25, 0.3) is 0 Å². The summed E-state index contributed by atoms with van der Waals surface area (Å²) in [7, 11) is 3.16. The van der Waals surface area contributed by atoms with Gasteiger partial charge in [-0.15, -0.1) is 0 Å². The molecule has 1 aromatic rings. The monoisotopic (exact) mass is 255 g/mol. The second kappa shape index (κ2) is 8.06. The molecule has 1 unspecified atom stereocenters. The third kappa shape index (κ3) is 5.02. The minimum absolute atomic E-state index is 0.296. The Balaban J connectivity index is 2.39. The Hall–Kier alpha value is -1.13. The minimum Gasteiger partial charge on any atom is -0.494 e. The molecule has 0 spiro atoms. The number of halogens is 1. The maximum Gasteiger partial charge on any atom is 0.165 e. The molecule has 4 heteroatoms. The molecular weight excluding hydrogens is 233 g/mol. The normalized spacial score (nSPS) is 12.4. The minimum atomic E-state index is -0.297. The van der Waals surface area contributed by atoms with E-state index in [4.69, 9.17) is 9.47 Å². The van der Waals surface area contributed by atoms with Crippen molar-refractivity contribution in [1.82, 2.24) is 5.32 Å². The SMILES string of the molecule is COCCNCC(C)Cc1ccc(OC)c(F)c1. The van der Waals surface area contributed by atoms with Crippen molar-refractivity contribution in [3.8, 4) is 5.75 Å². The van der Waals surface area contributed by atoms with Gasteiger partial charge in [-0.25, -0.2) is 4.39 Å². The van der Waals surface area contributed by atoms with Crippen LogP contribution >= 0.6 is 0 Å². The van der Waals surface area contributed by atoms with Gasteiger partial charge in [-0.1, -0.05) is 13.0 Å². The van der Waals surface area contributed by atoms with E-state index < -0.39 is 0 Å². The number of methoxy groups -OCH3 is 2. The van der Waals surface area contributed by atoms with Crippen LogP contribution in [0.4, 0.5) is 4.39 Å². The first kappa shape index (κ1) is 14.9. The van der Waals surface area contributed by atoms with Crippen molar-refractivity contribution in [2.75, 3.05) is 33.9 Å². The second-order valence-electron chi connectivity index (χ2n) is 4.48. The van der Waals surface area contributed by atoms with E-state index in [1.54, 1.807) is 19.2 Å². The van der Waals surface area contributed by atoms with E-state index in [-0.39, 0.29) is 5.82 Å². The third-order valence-corrected chi connectivity index (χ3v) is 2.78. The van der Waals surface area contributed by atoms with E-state index in [0.29, 0.717) is 18.3 Å². The first-order valence-corrected chi connectivity index (χ1v) is 6.19. The van der Waals surface area contributed by atoms with Crippen molar-refractivity contribution < 1.29 is 13.9 Å². The van der Waals surface area contributed by atoms with Crippen molar-refractivity contribution in [3.05, 3.63) is 29.6 Å². The summed E-state index contributed by atoms with van der Waals surface area (Å²) in [6, 6.07) is 5.13. The molecule has 0 heterocycles. The molecule has 102 valence electrons. The Morgan fingerprint density at radius 2 is 2.11 bits per heavy atom. The standard InChI is InChI=1S/C14H22FNO2/c1-11(10-16-6-7-17-2)8-12-4-5-14(18-3)13(15)9-12/h4-5,9,11,16H,6-8,10H2,1-3H3. The maximum absolute atomic E-state index is 13.5. The van der Waals surface area contributed by atoms with Gasteiger partial charge in [0.05, 0.1) is 13.7 Å². The molecule has 1 atom stereocenters. The first-order chi connectivity index (χ1) is 8.67. The largest absolute Gasteiger partial charge is 0.494 e. The molecule has 3 nitrogen and oxygen atoms in total. The lowest BCUT2D eigenvalue weighted by molar-refractivity contribution is 0.198. The molecule has 0 aliphatic rings. The van der Waals surface area contributed by atoms with Crippen molar-refractivity contribution in [3.63, 3.8) is 0 Å². The van der Waals surface area contributed by atoms with Crippen LogP contribution in [0.3, 0.4) is 0 Å². The summed E-state index contributed by atoms with van der Waals surface area (Å²) in [5.74, 6) is 0.453. The van der Waals surface area contributed by atoms with Crippen molar-refractivity contribution in [2.45, 2.75) is 13.3 Å². The molecule has 0 aromatic heterocycles. The summed E-state index contributed by atoms with van der Waals surface area (Å²) >= 11 is 0. The predicted octanol–water partition coefficient (Wildman–Crippen LogP) is 2.25. The lowest BCUT2D eigenvalue weighted by Gasteiger charge is -2.13. The first-order valence-electron chi connectivity index (χ1n) is 6.19. The Bertz CT molecular complexity index is 358. The average Bonchev–Trinajstić information content (AvgIpc) is 2.35. The van der Waals surface area contributed by atoms with Crippen LogP contribution in [0.1, 0.15) is 12.5 Å². The molecule has 1 N–H and O–H groups in total. The zero-order valence-corrected chi connectivity index (χ0v) is 11.3. The van der Waals surface area contributed by atoms with Crippen molar-refractivity contribution >= 4 is 0 Å². The van der Waals surface area contributed by atoms with E-state index in [1.807, 2.05) is 6.07 Å². The fourth-order valence-electron chi connectivity index (χ4n) is 1.83. The van der Waals surface area contributed by atoms with Gasteiger partial charge in [-0.3, -0.25) is 0 Å². The summed E-state index contributed by atoms with van der Waals surface area (Å²) in [6.07, 6.45) is 0.848. The maximum atomic E-state index is 13.5. The molecule has 0 fully saturated rings. The van der Waals surface area contributed by atoms with Gasteiger partial charge in [0.15, 0.2) is 11.6 Å². The Kier molecular flexibility index (Phi) is 6.68. The van der Waals surface area contributed by atoms with E-state index in [0.717, 1.165) is 25.1 Å². The van der Waals surface area contributed by atoms with E-state index in [9.17, 15) is 4.39 Å². The van der Waals surface area contributed by atoms with Gasteiger partial charge in [0, 0.05) is 13.7 Å².